The predicted molar refractivity (Wildman–Crippen MR) is 137 cm³/mol. The third-order valence-corrected chi connectivity index (χ3v) is 7.69. The molecule has 1 saturated carbocycles. The van der Waals surface area contributed by atoms with Gasteiger partial charge in [0.2, 0.25) is 11.8 Å². The Balaban J connectivity index is 1.28. The van der Waals surface area contributed by atoms with E-state index in [0.29, 0.717) is 40.9 Å². The van der Waals surface area contributed by atoms with Crippen molar-refractivity contribution in [2.24, 2.45) is 5.41 Å². The van der Waals surface area contributed by atoms with E-state index >= 15 is 0 Å². The number of hydrogen-bond donors (Lipinski definition) is 2. The maximum absolute atomic E-state index is 13.1. The zero-order valence-corrected chi connectivity index (χ0v) is 21.5. The topological polar surface area (TPSA) is 97.8 Å². The minimum Gasteiger partial charge on any atom is -0.495 e. The molecule has 1 aromatic carbocycles. The first-order valence-corrected chi connectivity index (χ1v) is 13.1. The predicted octanol–water partition coefficient (Wildman–Crippen LogP) is 3.21. The summed E-state index contributed by atoms with van der Waals surface area (Å²) >= 11 is 6.28. The number of morpholine rings is 1. The molecule has 5 rings (SSSR count). The minimum absolute atomic E-state index is 0.0991. The fourth-order valence-electron chi connectivity index (χ4n) is 4.83. The Bertz CT molecular complexity index is 1060. The van der Waals surface area contributed by atoms with Crippen molar-refractivity contribution in [2.45, 2.75) is 44.8 Å². The number of piperidine rings is 1. The van der Waals surface area contributed by atoms with Gasteiger partial charge in [-0.25, -0.2) is 4.98 Å². The highest BCUT2D eigenvalue weighted by atomic mass is 35.5. The van der Waals surface area contributed by atoms with Gasteiger partial charge in [0.1, 0.15) is 17.9 Å². The van der Waals surface area contributed by atoms with E-state index in [4.69, 9.17) is 30.8 Å². The highest BCUT2D eigenvalue weighted by Crippen LogP contribution is 2.53. The number of carbonyl (C=O) groups excluding carboxylic acids is 1. The molecule has 0 radical (unpaired) electrons. The molecular formula is C26H34ClN5O4. The Labute approximate surface area is 216 Å². The molecular weight excluding hydrogens is 482 g/mol. The lowest BCUT2D eigenvalue weighted by Crippen LogP contribution is -2.40. The molecule has 1 aromatic heterocycles. The molecule has 10 heteroatoms. The molecule has 2 aliphatic heterocycles. The first-order valence-electron chi connectivity index (χ1n) is 12.7. The molecule has 3 aliphatic rings. The molecule has 1 spiro atoms. The summed E-state index contributed by atoms with van der Waals surface area (Å²) in [6, 6.07) is 5.47. The van der Waals surface area contributed by atoms with Crippen molar-refractivity contribution in [1.82, 2.24) is 20.6 Å². The van der Waals surface area contributed by atoms with Gasteiger partial charge in [-0.2, -0.15) is 4.98 Å². The van der Waals surface area contributed by atoms with Crippen molar-refractivity contribution < 1.29 is 19.0 Å². The number of nitrogens with zero attached hydrogens (tertiary/aromatic N) is 3. The van der Waals surface area contributed by atoms with Gasteiger partial charge in [-0.3, -0.25) is 4.79 Å². The number of anilines is 1. The molecule has 2 aromatic rings. The Morgan fingerprint density at radius 1 is 1.31 bits per heavy atom. The third kappa shape index (κ3) is 6.02. The van der Waals surface area contributed by atoms with E-state index in [2.05, 4.69) is 20.5 Å². The molecule has 9 nitrogen and oxygen atoms in total. The Morgan fingerprint density at radius 3 is 2.83 bits per heavy atom. The van der Waals surface area contributed by atoms with Crippen LogP contribution in [0, 0.1) is 5.41 Å². The molecule has 1 amide bonds. The van der Waals surface area contributed by atoms with Crippen LogP contribution in [-0.2, 0) is 11.3 Å². The second-order valence-electron chi connectivity index (χ2n) is 9.87. The summed E-state index contributed by atoms with van der Waals surface area (Å²) in [7, 11) is 1.58. The summed E-state index contributed by atoms with van der Waals surface area (Å²) in [5.74, 6) is 1.21. The molecule has 3 heterocycles. The van der Waals surface area contributed by atoms with Gasteiger partial charge < -0.3 is 29.7 Å². The van der Waals surface area contributed by atoms with Crippen LogP contribution in [0.15, 0.2) is 24.4 Å². The van der Waals surface area contributed by atoms with Crippen molar-refractivity contribution >= 4 is 23.5 Å². The van der Waals surface area contributed by atoms with Crippen LogP contribution in [0.4, 0.5) is 5.95 Å². The van der Waals surface area contributed by atoms with Gasteiger partial charge in [0, 0.05) is 38.9 Å². The van der Waals surface area contributed by atoms with Crippen LogP contribution in [0.25, 0.3) is 0 Å². The number of nitrogens with one attached hydrogen (secondary N) is 2. The van der Waals surface area contributed by atoms with Gasteiger partial charge in [-0.15, -0.1) is 0 Å². The number of benzene rings is 1. The van der Waals surface area contributed by atoms with Crippen LogP contribution in [0.1, 0.15) is 48.0 Å². The molecule has 3 fully saturated rings. The molecule has 0 bridgehead atoms. The summed E-state index contributed by atoms with van der Waals surface area (Å²) in [6.45, 7) is 4.91. The number of methoxy groups -OCH3 is 1. The van der Waals surface area contributed by atoms with Crippen LogP contribution < -0.4 is 25.0 Å². The normalized spacial score (nSPS) is 20.7. The van der Waals surface area contributed by atoms with Crippen LogP contribution in [-0.4, -0.2) is 68.4 Å². The van der Waals surface area contributed by atoms with E-state index in [1.165, 1.54) is 12.8 Å². The summed E-state index contributed by atoms with van der Waals surface area (Å²) in [5, 5.41) is 6.77. The smallest absolute Gasteiger partial charge is 0.258 e. The number of amides is 1. The van der Waals surface area contributed by atoms with Crippen molar-refractivity contribution in [3.63, 3.8) is 0 Å². The van der Waals surface area contributed by atoms with Gasteiger partial charge in [-0.1, -0.05) is 17.7 Å². The maximum Gasteiger partial charge on any atom is 0.258 e. The van der Waals surface area contributed by atoms with Gasteiger partial charge >= 0.3 is 0 Å². The quantitative estimate of drug-likeness (QED) is 0.525. The highest BCUT2D eigenvalue weighted by Gasteiger charge is 2.44. The monoisotopic (exact) mass is 515 g/mol. The van der Waals surface area contributed by atoms with E-state index < -0.39 is 0 Å². The summed E-state index contributed by atoms with van der Waals surface area (Å²) in [4.78, 5) is 24.5. The van der Waals surface area contributed by atoms with E-state index in [1.54, 1.807) is 25.4 Å². The maximum atomic E-state index is 13.1. The lowest BCUT2D eigenvalue weighted by atomic mass is 9.94. The van der Waals surface area contributed by atoms with Crippen molar-refractivity contribution in [3.05, 3.63) is 40.5 Å². The largest absolute Gasteiger partial charge is 0.495 e. The number of aromatic nitrogens is 2. The fourth-order valence-corrected chi connectivity index (χ4v) is 5.11. The first-order chi connectivity index (χ1) is 17.5. The van der Waals surface area contributed by atoms with E-state index in [1.807, 2.05) is 6.07 Å². The minimum atomic E-state index is -0.261. The van der Waals surface area contributed by atoms with Crippen molar-refractivity contribution in [1.29, 1.82) is 0 Å². The lowest BCUT2D eigenvalue weighted by Gasteiger charge is -2.32. The summed E-state index contributed by atoms with van der Waals surface area (Å²) in [5.41, 5.74) is 1.72. The molecule has 36 heavy (non-hydrogen) atoms. The molecule has 1 unspecified atom stereocenters. The van der Waals surface area contributed by atoms with Crippen molar-refractivity contribution in [2.75, 3.05) is 51.3 Å². The number of ether oxygens (including phenoxy) is 3. The van der Waals surface area contributed by atoms with Crippen molar-refractivity contribution in [3.8, 4) is 11.6 Å². The van der Waals surface area contributed by atoms with Crippen LogP contribution in [0.3, 0.4) is 0 Å². The third-order valence-electron chi connectivity index (χ3n) is 7.40. The highest BCUT2D eigenvalue weighted by molar-refractivity contribution is 6.32. The van der Waals surface area contributed by atoms with Crippen LogP contribution in [0.5, 0.6) is 11.6 Å². The van der Waals surface area contributed by atoms with Gasteiger partial charge in [0.05, 0.1) is 24.8 Å². The average molecular weight is 516 g/mol. The Morgan fingerprint density at radius 2 is 2.14 bits per heavy atom. The van der Waals surface area contributed by atoms with E-state index in [-0.39, 0.29) is 24.5 Å². The number of rotatable bonds is 9. The summed E-state index contributed by atoms with van der Waals surface area (Å²) in [6.07, 6.45) is 7.40. The zero-order chi connectivity index (χ0) is 25.0. The second-order valence-corrected chi connectivity index (χ2v) is 10.3. The standard InChI is InChI=1S/C26H34ClN5O4/c1-34-22-3-2-18(14-21(22)27)17-36-24-20(23(33)29-9-4-19-15-28-10-13-35-19)16-30-25(31-24)32-11-7-26(5-6-26)8-12-32/h2-3,14,16,19,28H,4-13,15,17H2,1H3,(H,29,33). The zero-order valence-electron chi connectivity index (χ0n) is 20.7. The number of carbonyl (C=O) groups is 1. The van der Waals surface area contributed by atoms with Crippen LogP contribution in [0.2, 0.25) is 5.02 Å². The SMILES string of the molecule is COc1ccc(COc2nc(N3CCC4(CC3)CC4)ncc2C(=O)NCCC2CNCCO2)cc1Cl. The van der Waals surface area contributed by atoms with Crippen LogP contribution >= 0.6 is 11.6 Å². The molecule has 1 aliphatic carbocycles. The van der Waals surface area contributed by atoms with E-state index in [0.717, 1.165) is 51.0 Å². The molecule has 1 atom stereocenters. The van der Waals surface area contributed by atoms with Gasteiger partial charge in [0.25, 0.3) is 5.91 Å². The molecule has 2 saturated heterocycles. The van der Waals surface area contributed by atoms with E-state index in [9.17, 15) is 4.79 Å². The molecule has 194 valence electrons. The summed E-state index contributed by atoms with van der Waals surface area (Å²) < 4.78 is 17.0. The first kappa shape index (κ1) is 25.0. The Kier molecular flexibility index (Phi) is 7.79. The average Bonchev–Trinajstić information content (AvgIpc) is 3.67. The second kappa shape index (κ2) is 11.2. The molecule has 2 N–H and O–H groups in total. The number of hydrogen-bond acceptors (Lipinski definition) is 8. The van der Waals surface area contributed by atoms with Gasteiger partial charge in [0.15, 0.2) is 0 Å². The lowest BCUT2D eigenvalue weighted by molar-refractivity contribution is 0.0239. The number of halogens is 1. The Hall–Kier alpha value is -2.62. The fraction of sp³-hybridized carbons (Fsp3) is 0.577. The van der Waals surface area contributed by atoms with Gasteiger partial charge in [-0.05, 0) is 55.2 Å².